The van der Waals surface area contributed by atoms with Crippen LogP contribution in [0.3, 0.4) is 0 Å². The van der Waals surface area contributed by atoms with Gasteiger partial charge >= 0.3 is 12.4 Å². The number of benzene rings is 3. The molecule has 0 amide bonds. The summed E-state index contributed by atoms with van der Waals surface area (Å²) in [5.41, 5.74) is -3.00. The summed E-state index contributed by atoms with van der Waals surface area (Å²) in [5, 5.41) is 3.63. The Kier molecular flexibility index (Phi) is 8.20. The van der Waals surface area contributed by atoms with E-state index in [1.807, 2.05) is 0 Å². The molecule has 1 fully saturated rings. The number of nitrogens with zero attached hydrogens (tertiary/aromatic N) is 1. The molecule has 3 aromatic carbocycles. The van der Waals surface area contributed by atoms with Gasteiger partial charge < -0.3 is 10.3 Å². The van der Waals surface area contributed by atoms with Crippen LogP contribution in [-0.4, -0.2) is 60.2 Å². The fourth-order valence-corrected chi connectivity index (χ4v) is 7.02. The molecule has 2 N–H and O–H groups in total. The van der Waals surface area contributed by atoms with Gasteiger partial charge in [0.15, 0.2) is 11.6 Å². The highest BCUT2D eigenvalue weighted by molar-refractivity contribution is 7.88. The molecule has 0 aliphatic carbocycles. The van der Waals surface area contributed by atoms with Crippen molar-refractivity contribution in [1.29, 1.82) is 0 Å². The van der Waals surface area contributed by atoms with Crippen molar-refractivity contribution in [2.45, 2.75) is 36.9 Å². The molecule has 1 aliphatic heterocycles. The lowest BCUT2D eigenvalue weighted by molar-refractivity contribution is -0.138. The fraction of sp³-hybridized carbons (Fsp3) is 0.267. The first kappa shape index (κ1) is 31.4. The van der Waals surface area contributed by atoms with Crippen LogP contribution in [0, 0.1) is 0 Å². The third-order valence-electron chi connectivity index (χ3n) is 7.60. The van der Waals surface area contributed by atoms with E-state index in [2.05, 4.69) is 10.3 Å². The first-order valence-electron chi connectivity index (χ1n) is 13.3. The molecule has 44 heavy (non-hydrogen) atoms. The van der Waals surface area contributed by atoms with E-state index in [-0.39, 0.29) is 6.42 Å². The second-order valence-electron chi connectivity index (χ2n) is 10.4. The lowest BCUT2D eigenvalue weighted by atomic mass is 9.86. The lowest BCUT2D eigenvalue weighted by Crippen LogP contribution is -2.68. The molecule has 2 heterocycles. The molecule has 232 valence electrons. The standard InChI is InChI=1S/C30H25F6N3O4S/c1-44(42,43)39-25(27(40)19-9-2-5-11-21(19)29(31,32)33)16-38-24(14-17-15-37-23-13-7-4-8-18(17)23)26(39)28(41)20-10-3-6-12-22(20)30(34,35)36/h2-13,15,24-26,37-38H,14,16H2,1H3. The average molecular weight is 638 g/mol. The summed E-state index contributed by atoms with van der Waals surface area (Å²) >= 11 is 0. The van der Waals surface area contributed by atoms with Crippen LogP contribution in [0.25, 0.3) is 10.9 Å². The molecule has 7 nitrogen and oxygen atoms in total. The maximum Gasteiger partial charge on any atom is 0.417 e. The summed E-state index contributed by atoms with van der Waals surface area (Å²) in [6.45, 7) is -0.504. The number of H-pyrrole nitrogens is 1. The van der Waals surface area contributed by atoms with Crippen molar-refractivity contribution in [3.05, 3.63) is 107 Å². The Morgan fingerprint density at radius 2 is 1.34 bits per heavy atom. The number of carbonyl (C=O) groups excluding carboxylic acids is 2. The summed E-state index contributed by atoms with van der Waals surface area (Å²) in [7, 11) is -4.60. The number of para-hydroxylation sites is 1. The van der Waals surface area contributed by atoms with Gasteiger partial charge in [-0.25, -0.2) is 8.42 Å². The van der Waals surface area contributed by atoms with Gasteiger partial charge in [-0.05, 0) is 30.2 Å². The van der Waals surface area contributed by atoms with Gasteiger partial charge in [-0.15, -0.1) is 0 Å². The molecule has 0 spiro atoms. The lowest BCUT2D eigenvalue weighted by Gasteiger charge is -2.44. The Bertz CT molecular complexity index is 1830. The van der Waals surface area contributed by atoms with E-state index in [9.17, 15) is 44.3 Å². The highest BCUT2D eigenvalue weighted by Gasteiger charge is 2.51. The van der Waals surface area contributed by atoms with Crippen molar-refractivity contribution < 1.29 is 44.3 Å². The van der Waals surface area contributed by atoms with Crippen LogP contribution in [-0.2, 0) is 28.8 Å². The molecule has 3 atom stereocenters. The van der Waals surface area contributed by atoms with Crippen molar-refractivity contribution >= 4 is 32.5 Å². The second-order valence-corrected chi connectivity index (χ2v) is 12.3. The Labute approximate surface area is 247 Å². The van der Waals surface area contributed by atoms with Crippen LogP contribution in [0.5, 0.6) is 0 Å². The molecule has 14 heteroatoms. The normalized spacial score (nSPS) is 20.1. The molecule has 4 aromatic rings. The zero-order valence-electron chi connectivity index (χ0n) is 22.9. The van der Waals surface area contributed by atoms with Crippen LogP contribution in [0.15, 0.2) is 79.0 Å². The molecule has 1 aromatic heterocycles. The first-order chi connectivity index (χ1) is 20.6. The van der Waals surface area contributed by atoms with Gasteiger partial charge in [0.05, 0.1) is 17.4 Å². The predicted octanol–water partition coefficient (Wildman–Crippen LogP) is 5.48. The van der Waals surface area contributed by atoms with Gasteiger partial charge in [-0.2, -0.15) is 30.6 Å². The number of nitrogens with one attached hydrogen (secondary N) is 2. The number of aromatic nitrogens is 1. The van der Waals surface area contributed by atoms with Crippen molar-refractivity contribution in [3.8, 4) is 0 Å². The van der Waals surface area contributed by atoms with Crippen molar-refractivity contribution in [2.75, 3.05) is 12.8 Å². The van der Waals surface area contributed by atoms with E-state index < -0.39 is 80.9 Å². The maximum absolute atomic E-state index is 14.1. The molecule has 0 radical (unpaired) electrons. The molecular weight excluding hydrogens is 612 g/mol. The largest absolute Gasteiger partial charge is 0.417 e. The van der Waals surface area contributed by atoms with E-state index in [1.165, 1.54) is 12.1 Å². The summed E-state index contributed by atoms with van der Waals surface area (Å²) in [4.78, 5) is 30.9. The quantitative estimate of drug-likeness (QED) is 0.207. The molecule has 5 rings (SSSR count). The van der Waals surface area contributed by atoms with E-state index in [4.69, 9.17) is 0 Å². The predicted molar refractivity (Wildman–Crippen MR) is 150 cm³/mol. The van der Waals surface area contributed by atoms with Gasteiger partial charge in [0, 0.05) is 40.8 Å². The zero-order valence-corrected chi connectivity index (χ0v) is 23.7. The average Bonchev–Trinajstić information content (AvgIpc) is 3.37. The number of piperazine rings is 1. The number of hydrogen-bond acceptors (Lipinski definition) is 5. The van der Waals surface area contributed by atoms with Gasteiger partial charge in [0.1, 0.15) is 12.1 Å². The third-order valence-corrected chi connectivity index (χ3v) is 8.85. The summed E-state index contributed by atoms with van der Waals surface area (Å²) in [6.07, 6.45) is -7.76. The van der Waals surface area contributed by atoms with Crippen LogP contribution >= 0.6 is 0 Å². The number of ketones is 2. The van der Waals surface area contributed by atoms with E-state index >= 15 is 0 Å². The van der Waals surface area contributed by atoms with Crippen molar-refractivity contribution in [2.24, 2.45) is 0 Å². The number of hydrogen-bond donors (Lipinski definition) is 2. The highest BCUT2D eigenvalue weighted by atomic mass is 32.2. The smallest absolute Gasteiger partial charge is 0.361 e. The minimum absolute atomic E-state index is 0.0688. The minimum Gasteiger partial charge on any atom is -0.361 e. The molecule has 3 unspecified atom stereocenters. The van der Waals surface area contributed by atoms with Crippen LogP contribution in [0.1, 0.15) is 37.4 Å². The van der Waals surface area contributed by atoms with E-state index in [1.54, 1.807) is 30.5 Å². The molecular formula is C30H25F6N3O4S. The maximum atomic E-state index is 14.1. The van der Waals surface area contributed by atoms with Crippen LogP contribution in [0.4, 0.5) is 26.3 Å². The number of alkyl halides is 6. The first-order valence-corrected chi connectivity index (χ1v) is 15.1. The van der Waals surface area contributed by atoms with Crippen LogP contribution < -0.4 is 5.32 Å². The molecule has 1 aliphatic rings. The molecule has 0 saturated carbocycles. The van der Waals surface area contributed by atoms with Crippen LogP contribution in [0.2, 0.25) is 0 Å². The Hall–Kier alpha value is -4.01. The molecule has 0 bridgehead atoms. The number of rotatable bonds is 7. The third kappa shape index (κ3) is 6.01. The van der Waals surface area contributed by atoms with Crippen molar-refractivity contribution in [1.82, 2.24) is 14.6 Å². The highest BCUT2D eigenvalue weighted by Crippen LogP contribution is 2.37. The summed E-state index contributed by atoms with van der Waals surface area (Å²) in [6, 6.07) is 9.67. The number of Topliss-reactive ketones (excluding diaryl/α,β-unsaturated/α-hetero) is 2. The number of halogens is 6. The number of sulfonamides is 1. The Balaban J connectivity index is 1.66. The van der Waals surface area contributed by atoms with E-state index in [0.717, 1.165) is 24.3 Å². The monoisotopic (exact) mass is 637 g/mol. The van der Waals surface area contributed by atoms with Gasteiger partial charge in [-0.1, -0.05) is 54.6 Å². The van der Waals surface area contributed by atoms with Gasteiger partial charge in [0.25, 0.3) is 0 Å². The Morgan fingerprint density at radius 1 is 0.818 bits per heavy atom. The fourth-order valence-electron chi connectivity index (χ4n) is 5.73. The topological polar surface area (TPSA) is 99.3 Å². The Morgan fingerprint density at radius 3 is 1.91 bits per heavy atom. The summed E-state index contributed by atoms with van der Waals surface area (Å²) < 4.78 is 111. The molecule has 1 saturated heterocycles. The number of aromatic amines is 1. The van der Waals surface area contributed by atoms with E-state index in [0.29, 0.717) is 39.2 Å². The number of fused-ring (bicyclic) bond motifs is 1. The van der Waals surface area contributed by atoms with Gasteiger partial charge in [-0.3, -0.25) is 9.59 Å². The van der Waals surface area contributed by atoms with Crippen molar-refractivity contribution in [3.63, 3.8) is 0 Å². The zero-order chi connectivity index (χ0) is 32.0. The minimum atomic E-state index is -4.99. The SMILES string of the molecule is CS(=O)(=O)N1C(C(=O)c2ccccc2C(F)(F)F)CNC(Cc2c[nH]c3ccccc23)C1C(=O)c1ccccc1C(F)(F)F. The number of carbonyl (C=O) groups is 2. The van der Waals surface area contributed by atoms with Gasteiger partial charge in [0.2, 0.25) is 10.0 Å². The summed E-state index contributed by atoms with van der Waals surface area (Å²) in [5.74, 6) is -2.52. The second kappa shape index (κ2) is 11.5.